The van der Waals surface area contributed by atoms with E-state index in [4.69, 9.17) is 4.84 Å². The molecule has 5 nitrogen and oxygen atoms in total. The molecular formula is C21H18F3N3O2. The summed E-state index contributed by atoms with van der Waals surface area (Å²) in [4.78, 5) is 18.4. The Kier molecular flexibility index (Phi) is 4.31. The molecule has 1 saturated carbocycles. The Labute approximate surface area is 164 Å². The lowest BCUT2D eigenvalue weighted by molar-refractivity contribution is -0.185. The van der Waals surface area contributed by atoms with Crippen LogP contribution in [-0.4, -0.2) is 27.4 Å². The maximum Gasteiger partial charge on any atom is 0.249 e. The number of amides is 1. The first-order valence-corrected chi connectivity index (χ1v) is 9.54. The monoisotopic (exact) mass is 401 g/mol. The average molecular weight is 401 g/mol. The van der Waals surface area contributed by atoms with Crippen molar-refractivity contribution < 1.29 is 22.8 Å². The Hall–Kier alpha value is -2.87. The van der Waals surface area contributed by atoms with Gasteiger partial charge in [-0.1, -0.05) is 0 Å². The molecule has 0 bridgehead atoms. The molecule has 1 aromatic heterocycles. The highest BCUT2D eigenvalue weighted by molar-refractivity contribution is 5.81. The summed E-state index contributed by atoms with van der Waals surface area (Å²) < 4.78 is 42.4. The standard InChI is InChI=1S/C21H18F3N3O2/c22-15-1-2-19-14(7-15)11-25-26(19)18-8-13(9-18)21(28)27-20(3-4-29-27)12-5-16(23)10-17(24)6-12/h1-2,5-7,10-11,13,18,20H,3-4,8-9H2/t13-,18-,20-/m0/s1. The quantitative estimate of drug-likeness (QED) is 0.657. The van der Waals surface area contributed by atoms with Gasteiger partial charge in [0.2, 0.25) is 5.91 Å². The Bertz CT molecular complexity index is 1070. The zero-order valence-corrected chi connectivity index (χ0v) is 15.4. The fraction of sp³-hybridized carbons (Fsp3) is 0.333. The van der Waals surface area contributed by atoms with Crippen LogP contribution in [0.25, 0.3) is 10.9 Å². The fourth-order valence-corrected chi connectivity index (χ4v) is 4.24. The summed E-state index contributed by atoms with van der Waals surface area (Å²) in [6, 6.07) is 7.33. The van der Waals surface area contributed by atoms with E-state index in [2.05, 4.69) is 5.10 Å². The number of hydroxylamine groups is 2. The molecular weight excluding hydrogens is 383 g/mol. The van der Waals surface area contributed by atoms with Crippen molar-refractivity contribution in [2.75, 3.05) is 6.61 Å². The third-order valence-corrected chi connectivity index (χ3v) is 5.76. The van der Waals surface area contributed by atoms with Crippen LogP contribution in [0.4, 0.5) is 13.2 Å². The van der Waals surface area contributed by atoms with E-state index < -0.39 is 17.7 Å². The van der Waals surface area contributed by atoms with E-state index in [1.54, 1.807) is 12.3 Å². The van der Waals surface area contributed by atoms with Gasteiger partial charge in [-0.2, -0.15) is 5.10 Å². The molecule has 29 heavy (non-hydrogen) atoms. The van der Waals surface area contributed by atoms with Gasteiger partial charge in [0.15, 0.2) is 0 Å². The Morgan fingerprint density at radius 3 is 2.55 bits per heavy atom. The van der Waals surface area contributed by atoms with E-state index in [1.807, 2.05) is 4.68 Å². The van der Waals surface area contributed by atoms with Crippen LogP contribution in [0.5, 0.6) is 0 Å². The van der Waals surface area contributed by atoms with E-state index in [0.717, 1.165) is 17.0 Å². The number of benzene rings is 2. The zero-order valence-electron chi connectivity index (χ0n) is 15.4. The first kappa shape index (κ1) is 18.2. The minimum atomic E-state index is -0.676. The van der Waals surface area contributed by atoms with Crippen LogP contribution in [0.15, 0.2) is 42.6 Å². The fourth-order valence-electron chi connectivity index (χ4n) is 4.24. The second kappa shape index (κ2) is 6.88. The Morgan fingerprint density at radius 2 is 1.79 bits per heavy atom. The average Bonchev–Trinajstić information content (AvgIpc) is 3.26. The second-order valence-electron chi connectivity index (χ2n) is 7.62. The molecule has 1 aliphatic heterocycles. The number of aromatic nitrogens is 2. The lowest BCUT2D eigenvalue weighted by atomic mass is 9.79. The van der Waals surface area contributed by atoms with E-state index in [1.165, 1.54) is 29.3 Å². The van der Waals surface area contributed by atoms with Gasteiger partial charge < -0.3 is 0 Å². The van der Waals surface area contributed by atoms with Crippen molar-refractivity contribution in [3.8, 4) is 0 Å². The second-order valence-corrected chi connectivity index (χ2v) is 7.62. The molecule has 2 heterocycles. The molecule has 1 atom stereocenters. The minimum Gasteiger partial charge on any atom is -0.272 e. The van der Waals surface area contributed by atoms with Gasteiger partial charge in [-0.05, 0) is 48.7 Å². The highest BCUT2D eigenvalue weighted by atomic mass is 19.1. The van der Waals surface area contributed by atoms with Crippen LogP contribution in [0.3, 0.4) is 0 Å². The molecule has 0 radical (unpaired) electrons. The highest BCUT2D eigenvalue weighted by Crippen LogP contribution is 2.42. The number of hydrogen-bond donors (Lipinski definition) is 0. The van der Waals surface area contributed by atoms with Gasteiger partial charge in [0.25, 0.3) is 0 Å². The molecule has 1 saturated heterocycles. The van der Waals surface area contributed by atoms with Crippen LogP contribution in [0, 0.1) is 23.4 Å². The maximum absolute atomic E-state index is 13.6. The van der Waals surface area contributed by atoms with E-state index >= 15 is 0 Å². The largest absolute Gasteiger partial charge is 0.272 e. The van der Waals surface area contributed by atoms with Crippen LogP contribution >= 0.6 is 0 Å². The lowest BCUT2D eigenvalue weighted by Gasteiger charge is -2.37. The number of hydrogen-bond acceptors (Lipinski definition) is 3. The summed E-state index contributed by atoms with van der Waals surface area (Å²) in [6.07, 6.45) is 3.26. The molecule has 1 aliphatic carbocycles. The summed E-state index contributed by atoms with van der Waals surface area (Å²) in [5, 5.41) is 6.33. The first-order chi connectivity index (χ1) is 14.0. The van der Waals surface area contributed by atoms with E-state index in [0.29, 0.717) is 31.4 Å². The maximum atomic E-state index is 13.6. The van der Waals surface area contributed by atoms with Crippen molar-refractivity contribution >= 4 is 16.8 Å². The van der Waals surface area contributed by atoms with Crippen LogP contribution < -0.4 is 0 Å². The minimum absolute atomic E-state index is 0.0413. The van der Waals surface area contributed by atoms with Crippen LogP contribution in [0.2, 0.25) is 0 Å². The van der Waals surface area contributed by atoms with Crippen molar-refractivity contribution in [3.63, 3.8) is 0 Å². The van der Waals surface area contributed by atoms with Crippen LogP contribution in [-0.2, 0) is 9.63 Å². The summed E-state index contributed by atoms with van der Waals surface area (Å²) in [5.41, 5.74) is 1.22. The molecule has 2 fully saturated rings. The third-order valence-electron chi connectivity index (χ3n) is 5.76. The Morgan fingerprint density at radius 1 is 1.03 bits per heavy atom. The number of rotatable bonds is 3. The molecule has 8 heteroatoms. The molecule has 1 amide bonds. The van der Waals surface area contributed by atoms with Gasteiger partial charge in [0.05, 0.1) is 30.4 Å². The van der Waals surface area contributed by atoms with Crippen molar-refractivity contribution in [2.45, 2.75) is 31.3 Å². The predicted molar refractivity (Wildman–Crippen MR) is 98.0 cm³/mol. The molecule has 0 N–H and O–H groups in total. The normalized spacial score (nSPS) is 24.1. The topological polar surface area (TPSA) is 47.4 Å². The van der Waals surface area contributed by atoms with E-state index in [-0.39, 0.29) is 23.7 Å². The van der Waals surface area contributed by atoms with Crippen molar-refractivity contribution in [3.05, 3.63) is 65.6 Å². The van der Waals surface area contributed by atoms with Crippen molar-refractivity contribution in [1.82, 2.24) is 14.8 Å². The molecule has 3 aromatic rings. The first-order valence-electron chi connectivity index (χ1n) is 9.54. The summed E-state index contributed by atoms with van der Waals surface area (Å²) in [7, 11) is 0. The molecule has 5 rings (SSSR count). The number of carbonyl (C=O) groups is 1. The molecule has 2 aliphatic rings. The molecule has 0 unspecified atom stereocenters. The number of halogens is 3. The molecule has 0 spiro atoms. The summed E-state index contributed by atoms with van der Waals surface area (Å²) >= 11 is 0. The molecule has 2 aromatic carbocycles. The van der Waals surface area contributed by atoms with Crippen molar-refractivity contribution in [2.24, 2.45) is 5.92 Å². The van der Waals surface area contributed by atoms with Gasteiger partial charge in [-0.15, -0.1) is 0 Å². The number of fused-ring (bicyclic) bond motifs is 1. The van der Waals surface area contributed by atoms with Gasteiger partial charge in [0.1, 0.15) is 17.5 Å². The predicted octanol–water partition coefficient (Wildman–Crippen LogP) is 4.31. The third kappa shape index (κ3) is 3.17. The highest BCUT2D eigenvalue weighted by Gasteiger charge is 2.43. The lowest BCUT2D eigenvalue weighted by Crippen LogP contribution is -2.41. The van der Waals surface area contributed by atoms with Gasteiger partial charge in [0, 0.05) is 23.8 Å². The molecule has 150 valence electrons. The van der Waals surface area contributed by atoms with E-state index in [9.17, 15) is 18.0 Å². The van der Waals surface area contributed by atoms with Crippen LogP contribution in [0.1, 0.15) is 36.9 Å². The smallest absolute Gasteiger partial charge is 0.249 e. The summed E-state index contributed by atoms with van der Waals surface area (Å²) in [5.74, 6) is -2.10. The van der Waals surface area contributed by atoms with Crippen molar-refractivity contribution in [1.29, 1.82) is 0 Å². The zero-order chi connectivity index (χ0) is 20.1. The van der Waals surface area contributed by atoms with Gasteiger partial charge in [-0.25, -0.2) is 18.2 Å². The van der Waals surface area contributed by atoms with Gasteiger partial charge >= 0.3 is 0 Å². The SMILES string of the molecule is O=C([C@H]1C[C@H](n2ncc3cc(F)ccc32)C1)N1OCC[C@H]1c1cc(F)cc(F)c1. The number of nitrogens with zero attached hydrogens (tertiary/aromatic N) is 3. The van der Waals surface area contributed by atoms with Gasteiger partial charge in [-0.3, -0.25) is 14.3 Å². The number of carbonyl (C=O) groups excluding carboxylic acids is 1. The Balaban J connectivity index is 1.30. The summed E-state index contributed by atoms with van der Waals surface area (Å²) in [6.45, 7) is 0.319.